The third kappa shape index (κ3) is 3.92. The van der Waals surface area contributed by atoms with Crippen LogP contribution in [0.5, 0.6) is 0 Å². The Morgan fingerprint density at radius 3 is 2.33 bits per heavy atom. The highest BCUT2D eigenvalue weighted by atomic mass is 16.2. The van der Waals surface area contributed by atoms with E-state index in [0.29, 0.717) is 6.54 Å². The highest BCUT2D eigenvalue weighted by Crippen LogP contribution is 2.13. The lowest BCUT2D eigenvalue weighted by atomic mass is 10.0. The monoisotopic (exact) mass is 282 g/mol. The molecular formula is C18H22N2O. The number of hydrogen-bond acceptors (Lipinski definition) is 2. The largest absolute Gasteiger partial charge is 0.350 e. The van der Waals surface area contributed by atoms with Crippen molar-refractivity contribution in [1.82, 2.24) is 5.32 Å². The van der Waals surface area contributed by atoms with Gasteiger partial charge in [-0.2, -0.15) is 0 Å². The fourth-order valence-corrected chi connectivity index (χ4v) is 2.29. The summed E-state index contributed by atoms with van der Waals surface area (Å²) in [7, 11) is 0. The van der Waals surface area contributed by atoms with Gasteiger partial charge in [0.1, 0.15) is 6.04 Å². The number of carbonyl (C=O) groups is 1. The standard InChI is InChI=1S/C18H22N2O/c1-3-14-6-4-5-7-16(14)12-20-18(21)17(19)15-10-8-13(2)9-11-15/h4-11,17H,3,12,19H2,1-2H3,(H,20,21). The molecule has 2 rings (SSSR count). The van der Waals surface area contributed by atoms with Gasteiger partial charge >= 0.3 is 0 Å². The predicted octanol–water partition coefficient (Wildman–Crippen LogP) is 2.87. The van der Waals surface area contributed by atoms with Gasteiger partial charge in [0.15, 0.2) is 0 Å². The maximum absolute atomic E-state index is 12.2. The first-order valence-electron chi connectivity index (χ1n) is 7.28. The van der Waals surface area contributed by atoms with Gasteiger partial charge in [0.2, 0.25) is 5.91 Å². The zero-order valence-corrected chi connectivity index (χ0v) is 12.6. The van der Waals surface area contributed by atoms with E-state index in [2.05, 4.69) is 18.3 Å². The van der Waals surface area contributed by atoms with E-state index in [1.807, 2.05) is 49.4 Å². The van der Waals surface area contributed by atoms with Crippen LogP contribution in [-0.4, -0.2) is 5.91 Å². The molecule has 0 aliphatic heterocycles. The lowest BCUT2D eigenvalue weighted by Crippen LogP contribution is -2.33. The van der Waals surface area contributed by atoms with Gasteiger partial charge < -0.3 is 11.1 Å². The maximum atomic E-state index is 12.2. The molecule has 3 N–H and O–H groups in total. The van der Waals surface area contributed by atoms with Crippen LogP contribution in [0.3, 0.4) is 0 Å². The van der Waals surface area contributed by atoms with Crippen LogP contribution < -0.4 is 11.1 Å². The number of amides is 1. The molecule has 3 nitrogen and oxygen atoms in total. The van der Waals surface area contributed by atoms with Crippen molar-refractivity contribution >= 4 is 5.91 Å². The topological polar surface area (TPSA) is 55.1 Å². The van der Waals surface area contributed by atoms with E-state index in [0.717, 1.165) is 23.1 Å². The molecule has 0 heterocycles. The van der Waals surface area contributed by atoms with Gasteiger partial charge in [-0.25, -0.2) is 0 Å². The molecule has 0 saturated carbocycles. The van der Waals surface area contributed by atoms with E-state index in [4.69, 9.17) is 5.73 Å². The Balaban J connectivity index is 1.99. The molecule has 0 spiro atoms. The quantitative estimate of drug-likeness (QED) is 0.886. The van der Waals surface area contributed by atoms with Gasteiger partial charge in [-0.1, -0.05) is 61.0 Å². The number of hydrogen-bond donors (Lipinski definition) is 2. The van der Waals surface area contributed by atoms with Crippen molar-refractivity contribution < 1.29 is 4.79 Å². The van der Waals surface area contributed by atoms with E-state index in [1.54, 1.807) is 0 Å². The number of rotatable bonds is 5. The van der Waals surface area contributed by atoms with Crippen LogP contribution >= 0.6 is 0 Å². The fraction of sp³-hybridized carbons (Fsp3) is 0.278. The minimum Gasteiger partial charge on any atom is -0.350 e. The molecule has 0 saturated heterocycles. The fourth-order valence-electron chi connectivity index (χ4n) is 2.29. The summed E-state index contributed by atoms with van der Waals surface area (Å²) >= 11 is 0. The smallest absolute Gasteiger partial charge is 0.241 e. The molecule has 3 heteroatoms. The summed E-state index contributed by atoms with van der Waals surface area (Å²) in [5.74, 6) is -0.148. The van der Waals surface area contributed by atoms with Gasteiger partial charge in [0.05, 0.1) is 0 Å². The van der Waals surface area contributed by atoms with Crippen molar-refractivity contribution in [3.63, 3.8) is 0 Å². The van der Waals surface area contributed by atoms with Crippen LogP contribution in [0.2, 0.25) is 0 Å². The summed E-state index contributed by atoms with van der Waals surface area (Å²) in [4.78, 5) is 12.2. The Morgan fingerprint density at radius 2 is 1.71 bits per heavy atom. The second-order valence-corrected chi connectivity index (χ2v) is 5.23. The Morgan fingerprint density at radius 1 is 1.10 bits per heavy atom. The SMILES string of the molecule is CCc1ccccc1CNC(=O)C(N)c1ccc(C)cc1. The minimum absolute atomic E-state index is 0.148. The number of nitrogens with two attached hydrogens (primary N) is 1. The third-order valence-electron chi connectivity index (χ3n) is 3.67. The number of benzene rings is 2. The zero-order chi connectivity index (χ0) is 15.2. The second kappa shape index (κ2) is 7.04. The van der Waals surface area contributed by atoms with Crippen molar-refractivity contribution in [1.29, 1.82) is 0 Å². The first-order valence-corrected chi connectivity index (χ1v) is 7.28. The lowest BCUT2D eigenvalue weighted by molar-refractivity contribution is -0.122. The van der Waals surface area contributed by atoms with E-state index in [9.17, 15) is 4.79 Å². The summed E-state index contributed by atoms with van der Waals surface area (Å²) in [5.41, 5.74) is 10.4. The molecule has 0 fully saturated rings. The summed E-state index contributed by atoms with van der Waals surface area (Å²) in [6.45, 7) is 4.64. The van der Waals surface area contributed by atoms with Crippen molar-refractivity contribution in [2.75, 3.05) is 0 Å². The van der Waals surface area contributed by atoms with Crippen LogP contribution in [0.4, 0.5) is 0 Å². The van der Waals surface area contributed by atoms with E-state index < -0.39 is 6.04 Å². The summed E-state index contributed by atoms with van der Waals surface area (Å²) < 4.78 is 0. The van der Waals surface area contributed by atoms with Crippen LogP contribution in [0, 0.1) is 6.92 Å². The molecule has 0 aromatic heterocycles. The second-order valence-electron chi connectivity index (χ2n) is 5.23. The molecule has 1 amide bonds. The first-order chi connectivity index (χ1) is 10.1. The van der Waals surface area contributed by atoms with Gasteiger partial charge in [-0.05, 0) is 30.0 Å². The zero-order valence-electron chi connectivity index (χ0n) is 12.6. The minimum atomic E-state index is -0.626. The molecule has 1 atom stereocenters. The average molecular weight is 282 g/mol. The van der Waals surface area contributed by atoms with Gasteiger partial charge in [0, 0.05) is 6.54 Å². The predicted molar refractivity (Wildman–Crippen MR) is 85.8 cm³/mol. The van der Waals surface area contributed by atoms with E-state index in [-0.39, 0.29) is 5.91 Å². The van der Waals surface area contributed by atoms with Gasteiger partial charge in [-0.3, -0.25) is 4.79 Å². The van der Waals surface area contributed by atoms with Gasteiger partial charge in [-0.15, -0.1) is 0 Å². The highest BCUT2D eigenvalue weighted by molar-refractivity contribution is 5.82. The molecule has 21 heavy (non-hydrogen) atoms. The molecule has 0 aliphatic rings. The van der Waals surface area contributed by atoms with Crippen LogP contribution in [-0.2, 0) is 17.8 Å². The van der Waals surface area contributed by atoms with Crippen molar-refractivity contribution in [3.8, 4) is 0 Å². The van der Waals surface area contributed by atoms with Crippen LogP contribution in [0.15, 0.2) is 48.5 Å². The highest BCUT2D eigenvalue weighted by Gasteiger charge is 2.15. The first kappa shape index (κ1) is 15.3. The Hall–Kier alpha value is -2.13. The summed E-state index contributed by atoms with van der Waals surface area (Å²) in [5, 5.41) is 2.92. The lowest BCUT2D eigenvalue weighted by Gasteiger charge is -2.14. The summed E-state index contributed by atoms with van der Waals surface area (Å²) in [6.07, 6.45) is 0.954. The van der Waals surface area contributed by atoms with Crippen molar-refractivity contribution in [2.45, 2.75) is 32.9 Å². The third-order valence-corrected chi connectivity index (χ3v) is 3.67. The Bertz CT molecular complexity index is 605. The van der Waals surface area contributed by atoms with E-state index >= 15 is 0 Å². The average Bonchev–Trinajstić information content (AvgIpc) is 2.52. The van der Waals surface area contributed by atoms with Crippen molar-refractivity contribution in [3.05, 3.63) is 70.8 Å². The maximum Gasteiger partial charge on any atom is 0.241 e. The molecule has 0 aliphatic carbocycles. The molecule has 2 aromatic rings. The van der Waals surface area contributed by atoms with Crippen molar-refractivity contribution in [2.24, 2.45) is 5.73 Å². The Labute approximate surface area is 126 Å². The van der Waals surface area contributed by atoms with Crippen LogP contribution in [0.1, 0.15) is 35.2 Å². The normalized spacial score (nSPS) is 12.0. The number of aryl methyl sites for hydroxylation is 2. The van der Waals surface area contributed by atoms with Crippen LogP contribution in [0.25, 0.3) is 0 Å². The molecular weight excluding hydrogens is 260 g/mol. The van der Waals surface area contributed by atoms with Gasteiger partial charge in [0.25, 0.3) is 0 Å². The molecule has 1 unspecified atom stereocenters. The number of carbonyl (C=O) groups excluding carboxylic acids is 1. The molecule has 110 valence electrons. The Kier molecular flexibility index (Phi) is 5.12. The molecule has 0 bridgehead atoms. The number of nitrogens with one attached hydrogen (secondary N) is 1. The molecule has 2 aromatic carbocycles. The van der Waals surface area contributed by atoms with E-state index in [1.165, 1.54) is 5.56 Å². The summed E-state index contributed by atoms with van der Waals surface area (Å²) in [6, 6.07) is 15.2. The molecule has 0 radical (unpaired) electrons.